The third-order valence-corrected chi connectivity index (χ3v) is 4.80. The van der Waals surface area contributed by atoms with Crippen LogP contribution in [0.4, 0.5) is 0 Å². The maximum atomic E-state index is 12.2. The van der Waals surface area contributed by atoms with E-state index >= 15 is 0 Å². The molecule has 120 valence electrons. The fourth-order valence-electron chi connectivity index (χ4n) is 3.71. The van der Waals surface area contributed by atoms with Crippen LogP contribution in [0.2, 0.25) is 0 Å². The number of fused-ring (bicyclic) bond motifs is 1. The zero-order valence-corrected chi connectivity index (χ0v) is 12.7. The number of carbonyl (C=O) groups is 3. The van der Waals surface area contributed by atoms with E-state index in [-0.39, 0.29) is 24.5 Å². The largest absolute Gasteiger partial charge is 0.466 e. The first kappa shape index (κ1) is 15.1. The molecule has 0 saturated carbocycles. The van der Waals surface area contributed by atoms with E-state index in [2.05, 4.69) is 17.5 Å². The van der Waals surface area contributed by atoms with Crippen LogP contribution < -0.4 is 5.32 Å². The van der Waals surface area contributed by atoms with Crippen LogP contribution in [0.5, 0.6) is 0 Å². The minimum absolute atomic E-state index is 0.168. The summed E-state index contributed by atoms with van der Waals surface area (Å²) in [6, 6.07) is 0. The van der Waals surface area contributed by atoms with Crippen molar-refractivity contribution >= 4 is 17.8 Å². The summed E-state index contributed by atoms with van der Waals surface area (Å²) in [6.07, 6.45) is 8.05. The lowest BCUT2D eigenvalue weighted by Crippen LogP contribution is -2.67. The van der Waals surface area contributed by atoms with Crippen molar-refractivity contribution in [3.8, 4) is 0 Å². The van der Waals surface area contributed by atoms with Crippen LogP contribution in [0.15, 0.2) is 12.2 Å². The first-order valence-electron chi connectivity index (χ1n) is 7.86. The van der Waals surface area contributed by atoms with Gasteiger partial charge in [0.15, 0.2) is 5.54 Å². The third-order valence-electron chi connectivity index (χ3n) is 4.80. The highest BCUT2D eigenvalue weighted by Gasteiger charge is 2.68. The number of ether oxygens (including phenoxy) is 2. The Bertz CT molecular complexity index is 529. The maximum Gasteiger partial charge on any atom is 0.336 e. The molecular formula is C16H21NO5. The molecule has 2 aliphatic heterocycles. The van der Waals surface area contributed by atoms with Crippen molar-refractivity contribution in [1.82, 2.24) is 5.32 Å². The predicted molar refractivity (Wildman–Crippen MR) is 76.6 cm³/mol. The Balaban J connectivity index is 1.67. The van der Waals surface area contributed by atoms with Crippen molar-refractivity contribution in [3.05, 3.63) is 12.2 Å². The fourth-order valence-corrected chi connectivity index (χ4v) is 3.71. The van der Waals surface area contributed by atoms with E-state index < -0.39 is 17.6 Å². The Morgan fingerprint density at radius 2 is 2.32 bits per heavy atom. The molecule has 0 aromatic carbocycles. The molecule has 0 radical (unpaired) electrons. The Kier molecular flexibility index (Phi) is 3.93. The third kappa shape index (κ3) is 2.51. The van der Waals surface area contributed by atoms with E-state index in [1.165, 1.54) is 6.92 Å². The molecule has 1 N–H and O–H groups in total. The van der Waals surface area contributed by atoms with Gasteiger partial charge in [-0.1, -0.05) is 12.2 Å². The minimum atomic E-state index is -0.871. The number of allylic oxidation sites excluding steroid dienone is 2. The van der Waals surface area contributed by atoms with Gasteiger partial charge in [-0.3, -0.25) is 9.59 Å². The number of hydrogen-bond acceptors (Lipinski definition) is 5. The van der Waals surface area contributed by atoms with Gasteiger partial charge in [0.05, 0.1) is 12.5 Å². The molecule has 22 heavy (non-hydrogen) atoms. The lowest BCUT2D eigenvalue weighted by atomic mass is 9.75. The second-order valence-corrected chi connectivity index (χ2v) is 6.34. The van der Waals surface area contributed by atoms with E-state index in [1.807, 2.05) is 0 Å². The molecule has 2 saturated heterocycles. The molecule has 4 atom stereocenters. The SMILES string of the molecule is CC(=O)OCCC1C(=O)NC2(CC3C=CCCC3)C(=O)OC12. The van der Waals surface area contributed by atoms with Crippen LogP contribution in [0, 0.1) is 11.8 Å². The highest BCUT2D eigenvalue weighted by Crippen LogP contribution is 2.45. The fraction of sp³-hybridized carbons (Fsp3) is 0.688. The summed E-state index contributed by atoms with van der Waals surface area (Å²) < 4.78 is 10.2. The molecule has 1 aliphatic carbocycles. The molecule has 0 spiro atoms. The summed E-state index contributed by atoms with van der Waals surface area (Å²) in [7, 11) is 0. The van der Waals surface area contributed by atoms with Gasteiger partial charge in [-0.2, -0.15) is 0 Å². The van der Waals surface area contributed by atoms with Gasteiger partial charge in [0.2, 0.25) is 5.91 Å². The molecule has 6 nitrogen and oxygen atoms in total. The average molecular weight is 307 g/mol. The lowest BCUT2D eigenvalue weighted by Gasteiger charge is -2.44. The van der Waals surface area contributed by atoms with Crippen molar-refractivity contribution in [1.29, 1.82) is 0 Å². The quantitative estimate of drug-likeness (QED) is 0.607. The summed E-state index contributed by atoms with van der Waals surface area (Å²) in [5, 5.41) is 2.86. The van der Waals surface area contributed by atoms with Gasteiger partial charge in [0, 0.05) is 6.92 Å². The molecule has 4 unspecified atom stereocenters. The van der Waals surface area contributed by atoms with Crippen LogP contribution in [-0.2, 0) is 23.9 Å². The molecule has 2 fully saturated rings. The van der Waals surface area contributed by atoms with Crippen molar-refractivity contribution in [3.63, 3.8) is 0 Å². The van der Waals surface area contributed by atoms with Crippen molar-refractivity contribution in [2.75, 3.05) is 6.61 Å². The van der Waals surface area contributed by atoms with Crippen LogP contribution in [0.25, 0.3) is 0 Å². The number of carbonyl (C=O) groups excluding carboxylic acids is 3. The first-order valence-corrected chi connectivity index (χ1v) is 7.86. The Morgan fingerprint density at radius 3 is 2.95 bits per heavy atom. The topological polar surface area (TPSA) is 81.7 Å². The number of nitrogens with one attached hydrogen (secondary N) is 1. The number of esters is 2. The molecule has 3 aliphatic rings. The average Bonchev–Trinajstić information content (AvgIpc) is 2.69. The number of rotatable bonds is 5. The van der Waals surface area contributed by atoms with Crippen LogP contribution in [0.3, 0.4) is 0 Å². The first-order chi connectivity index (χ1) is 10.5. The van der Waals surface area contributed by atoms with E-state index in [0.29, 0.717) is 18.8 Å². The van der Waals surface area contributed by atoms with Crippen molar-refractivity contribution in [2.24, 2.45) is 11.8 Å². The minimum Gasteiger partial charge on any atom is -0.466 e. The van der Waals surface area contributed by atoms with E-state index in [1.54, 1.807) is 0 Å². The second kappa shape index (κ2) is 5.74. The summed E-state index contributed by atoms with van der Waals surface area (Å²) in [6.45, 7) is 1.50. The number of amides is 1. The monoisotopic (exact) mass is 307 g/mol. The summed E-state index contributed by atoms with van der Waals surface area (Å²) in [4.78, 5) is 35.1. The zero-order chi connectivity index (χ0) is 15.7. The zero-order valence-electron chi connectivity index (χ0n) is 12.7. The predicted octanol–water partition coefficient (Wildman–Crippen LogP) is 1.10. The normalized spacial score (nSPS) is 36.1. The Labute approximate surface area is 129 Å². The van der Waals surface area contributed by atoms with Gasteiger partial charge in [0.25, 0.3) is 0 Å². The molecular weight excluding hydrogens is 286 g/mol. The standard InChI is InChI=1S/C16H21NO5/c1-10(18)21-8-7-12-13-16(15(20)22-13,17-14(12)19)9-11-5-3-2-4-6-11/h3,5,11-13H,2,4,6-9H2,1H3,(H,17,19). The van der Waals surface area contributed by atoms with E-state index in [9.17, 15) is 14.4 Å². The van der Waals surface area contributed by atoms with Gasteiger partial charge in [-0.15, -0.1) is 0 Å². The molecule has 6 heteroatoms. The van der Waals surface area contributed by atoms with Gasteiger partial charge in [-0.05, 0) is 38.0 Å². The highest BCUT2D eigenvalue weighted by atomic mass is 16.6. The second-order valence-electron chi connectivity index (χ2n) is 6.34. The summed E-state index contributed by atoms with van der Waals surface area (Å²) in [5.41, 5.74) is -0.871. The Hall–Kier alpha value is -1.85. The lowest BCUT2D eigenvalue weighted by molar-refractivity contribution is -0.194. The Morgan fingerprint density at radius 1 is 1.50 bits per heavy atom. The molecule has 0 aromatic rings. The van der Waals surface area contributed by atoms with Gasteiger partial charge < -0.3 is 14.8 Å². The molecule has 0 aromatic heterocycles. The summed E-state index contributed by atoms with van der Waals surface area (Å²) in [5.74, 6) is -1.01. The van der Waals surface area contributed by atoms with Gasteiger partial charge >= 0.3 is 11.9 Å². The maximum absolute atomic E-state index is 12.2. The van der Waals surface area contributed by atoms with Crippen LogP contribution in [0.1, 0.15) is 39.0 Å². The van der Waals surface area contributed by atoms with Gasteiger partial charge in [-0.25, -0.2) is 4.79 Å². The summed E-state index contributed by atoms with van der Waals surface area (Å²) >= 11 is 0. The van der Waals surface area contributed by atoms with Crippen LogP contribution in [-0.4, -0.2) is 36.1 Å². The van der Waals surface area contributed by atoms with Crippen molar-refractivity contribution < 1.29 is 23.9 Å². The van der Waals surface area contributed by atoms with Gasteiger partial charge in [0.1, 0.15) is 6.10 Å². The molecule has 3 rings (SSSR count). The smallest absolute Gasteiger partial charge is 0.336 e. The highest BCUT2D eigenvalue weighted by molar-refractivity contribution is 5.99. The molecule has 0 bridgehead atoms. The molecule has 2 heterocycles. The van der Waals surface area contributed by atoms with Crippen LogP contribution >= 0.6 is 0 Å². The molecule has 1 amide bonds. The van der Waals surface area contributed by atoms with E-state index in [0.717, 1.165) is 19.3 Å². The van der Waals surface area contributed by atoms with Crippen molar-refractivity contribution in [2.45, 2.75) is 50.7 Å². The van der Waals surface area contributed by atoms with E-state index in [4.69, 9.17) is 9.47 Å². The number of hydrogen-bond donors (Lipinski definition) is 1.